The summed E-state index contributed by atoms with van der Waals surface area (Å²) in [6.07, 6.45) is 0. The predicted molar refractivity (Wildman–Crippen MR) is 60.9 cm³/mol. The number of nitrogens with zero attached hydrogens (tertiary/aromatic N) is 1. The Balaban J connectivity index is 2.14. The number of thioether (sulfide) groups is 1. The van der Waals surface area contributed by atoms with Gasteiger partial charge in [-0.05, 0) is 17.7 Å². The highest BCUT2D eigenvalue weighted by Crippen LogP contribution is 2.32. The van der Waals surface area contributed by atoms with Crippen molar-refractivity contribution in [2.24, 2.45) is 0 Å². The fraction of sp³-hybridized carbons (Fsp3) is 0.273. The van der Waals surface area contributed by atoms with Crippen LogP contribution < -0.4 is 5.32 Å². The summed E-state index contributed by atoms with van der Waals surface area (Å²) < 4.78 is 0. The van der Waals surface area contributed by atoms with Crippen LogP contribution in [0.5, 0.6) is 0 Å². The van der Waals surface area contributed by atoms with Crippen LogP contribution in [0.4, 0.5) is 0 Å². The molecule has 1 aliphatic rings. The van der Waals surface area contributed by atoms with E-state index >= 15 is 0 Å². The largest absolute Gasteiger partial charge is 0.480 e. The molecule has 0 aromatic heterocycles. The van der Waals surface area contributed by atoms with Gasteiger partial charge in [0.2, 0.25) is 0 Å². The lowest BCUT2D eigenvalue weighted by molar-refractivity contribution is -0.138. The van der Waals surface area contributed by atoms with E-state index < -0.39 is 12.0 Å². The Morgan fingerprint density at radius 3 is 3.06 bits per heavy atom. The maximum absolute atomic E-state index is 10.8. The molecule has 1 fully saturated rings. The van der Waals surface area contributed by atoms with Gasteiger partial charge < -0.3 is 5.11 Å². The third-order valence-electron chi connectivity index (χ3n) is 2.40. The molecule has 0 bridgehead atoms. The van der Waals surface area contributed by atoms with Crippen LogP contribution >= 0.6 is 11.8 Å². The first-order chi connectivity index (χ1) is 7.70. The van der Waals surface area contributed by atoms with Crippen molar-refractivity contribution < 1.29 is 9.90 Å². The molecule has 0 radical (unpaired) electrons. The van der Waals surface area contributed by atoms with Crippen LogP contribution in [-0.2, 0) is 4.79 Å². The Morgan fingerprint density at radius 2 is 2.44 bits per heavy atom. The normalized spacial score (nSPS) is 23.9. The zero-order valence-electron chi connectivity index (χ0n) is 8.38. The molecule has 4 nitrogen and oxygen atoms in total. The van der Waals surface area contributed by atoms with E-state index in [9.17, 15) is 4.79 Å². The van der Waals surface area contributed by atoms with E-state index in [0.29, 0.717) is 11.3 Å². The second-order valence-electron chi connectivity index (χ2n) is 3.51. The van der Waals surface area contributed by atoms with Crippen LogP contribution in [0.15, 0.2) is 24.3 Å². The summed E-state index contributed by atoms with van der Waals surface area (Å²) in [5, 5.41) is 20.6. The number of carbonyl (C=O) groups is 1. The summed E-state index contributed by atoms with van der Waals surface area (Å²) in [4.78, 5) is 10.8. The van der Waals surface area contributed by atoms with E-state index in [4.69, 9.17) is 10.4 Å². The van der Waals surface area contributed by atoms with E-state index in [0.717, 1.165) is 5.56 Å². The molecule has 2 N–H and O–H groups in total. The molecule has 0 amide bonds. The first kappa shape index (κ1) is 11.0. The standard InChI is InChI=1S/C11H10N2O2S/c12-5-7-2-1-3-8(4-7)10-13-9(6-16-10)11(14)15/h1-4,9-10,13H,6H2,(H,14,15)/t9-,10?/m1/s1. The highest BCUT2D eigenvalue weighted by molar-refractivity contribution is 7.99. The lowest BCUT2D eigenvalue weighted by Crippen LogP contribution is -2.33. The lowest BCUT2D eigenvalue weighted by Gasteiger charge is -2.11. The molecule has 1 aromatic carbocycles. The van der Waals surface area contributed by atoms with Crippen molar-refractivity contribution >= 4 is 17.7 Å². The van der Waals surface area contributed by atoms with Crippen molar-refractivity contribution in [1.29, 1.82) is 5.26 Å². The molecule has 16 heavy (non-hydrogen) atoms. The Kier molecular flexibility index (Phi) is 3.13. The molecule has 2 rings (SSSR count). The molecule has 1 aliphatic heterocycles. The molecule has 1 saturated heterocycles. The third kappa shape index (κ3) is 2.18. The molecule has 2 atom stereocenters. The Labute approximate surface area is 97.3 Å². The van der Waals surface area contributed by atoms with Gasteiger partial charge in [0.1, 0.15) is 6.04 Å². The number of hydrogen-bond donors (Lipinski definition) is 2. The zero-order valence-corrected chi connectivity index (χ0v) is 9.20. The van der Waals surface area contributed by atoms with Gasteiger partial charge in [0.25, 0.3) is 0 Å². The summed E-state index contributed by atoms with van der Waals surface area (Å²) in [5.74, 6) is -0.275. The molecular weight excluding hydrogens is 224 g/mol. The molecule has 0 aliphatic carbocycles. The molecule has 1 unspecified atom stereocenters. The Morgan fingerprint density at radius 1 is 1.62 bits per heavy atom. The fourth-order valence-corrected chi connectivity index (χ4v) is 2.80. The van der Waals surface area contributed by atoms with Gasteiger partial charge in [0.05, 0.1) is 17.0 Å². The zero-order chi connectivity index (χ0) is 11.5. The molecule has 5 heteroatoms. The number of nitriles is 1. The lowest BCUT2D eigenvalue weighted by atomic mass is 10.1. The second-order valence-corrected chi connectivity index (χ2v) is 4.65. The number of aliphatic carboxylic acids is 1. The summed E-state index contributed by atoms with van der Waals surface area (Å²) in [7, 11) is 0. The van der Waals surface area contributed by atoms with Crippen LogP contribution in [0.25, 0.3) is 0 Å². The van der Waals surface area contributed by atoms with E-state index in [1.165, 1.54) is 0 Å². The number of rotatable bonds is 2. The molecule has 1 aromatic rings. The van der Waals surface area contributed by atoms with Crippen molar-refractivity contribution in [3.05, 3.63) is 35.4 Å². The highest BCUT2D eigenvalue weighted by atomic mass is 32.2. The fourth-order valence-electron chi connectivity index (χ4n) is 1.58. The monoisotopic (exact) mass is 234 g/mol. The van der Waals surface area contributed by atoms with Gasteiger partial charge in [0.15, 0.2) is 0 Å². The van der Waals surface area contributed by atoms with E-state index in [1.807, 2.05) is 12.1 Å². The Bertz CT molecular complexity index is 456. The SMILES string of the molecule is N#Cc1cccc(C2N[C@@H](C(=O)O)CS2)c1. The van der Waals surface area contributed by atoms with Crippen LogP contribution in [0.3, 0.4) is 0 Å². The minimum absolute atomic E-state index is 0.0330. The quantitative estimate of drug-likeness (QED) is 0.808. The van der Waals surface area contributed by atoms with E-state index in [-0.39, 0.29) is 5.37 Å². The van der Waals surface area contributed by atoms with Gasteiger partial charge in [-0.25, -0.2) is 0 Å². The van der Waals surface area contributed by atoms with E-state index in [2.05, 4.69) is 11.4 Å². The summed E-state index contributed by atoms with van der Waals surface area (Å²) in [5.41, 5.74) is 1.55. The summed E-state index contributed by atoms with van der Waals surface area (Å²) in [6.45, 7) is 0. The van der Waals surface area contributed by atoms with Crippen LogP contribution in [0.2, 0.25) is 0 Å². The first-order valence-electron chi connectivity index (χ1n) is 4.81. The molecule has 0 spiro atoms. The van der Waals surface area contributed by atoms with Crippen LogP contribution in [0, 0.1) is 11.3 Å². The van der Waals surface area contributed by atoms with Crippen LogP contribution in [0.1, 0.15) is 16.5 Å². The minimum atomic E-state index is -0.827. The van der Waals surface area contributed by atoms with Gasteiger partial charge in [0, 0.05) is 5.75 Å². The average Bonchev–Trinajstić information content (AvgIpc) is 2.78. The Hall–Kier alpha value is -1.51. The predicted octanol–water partition coefficient (Wildman–Crippen LogP) is 1.35. The van der Waals surface area contributed by atoms with Crippen molar-refractivity contribution in [1.82, 2.24) is 5.32 Å². The number of carboxylic acids is 1. The van der Waals surface area contributed by atoms with E-state index in [1.54, 1.807) is 23.9 Å². The average molecular weight is 234 g/mol. The summed E-state index contributed by atoms with van der Waals surface area (Å²) in [6, 6.07) is 8.80. The van der Waals surface area contributed by atoms with Crippen LogP contribution in [-0.4, -0.2) is 22.9 Å². The van der Waals surface area contributed by atoms with Gasteiger partial charge in [-0.1, -0.05) is 12.1 Å². The maximum Gasteiger partial charge on any atom is 0.321 e. The highest BCUT2D eigenvalue weighted by Gasteiger charge is 2.30. The van der Waals surface area contributed by atoms with Crippen molar-refractivity contribution in [2.45, 2.75) is 11.4 Å². The number of benzene rings is 1. The number of nitrogens with one attached hydrogen (secondary N) is 1. The summed E-state index contributed by atoms with van der Waals surface area (Å²) >= 11 is 1.55. The van der Waals surface area contributed by atoms with Gasteiger partial charge in [-0.15, -0.1) is 11.8 Å². The molecule has 1 heterocycles. The number of carboxylic acid groups (broad SMARTS) is 1. The molecule has 82 valence electrons. The van der Waals surface area contributed by atoms with Gasteiger partial charge in [-0.3, -0.25) is 10.1 Å². The maximum atomic E-state index is 10.8. The van der Waals surface area contributed by atoms with Crippen molar-refractivity contribution in [3.63, 3.8) is 0 Å². The molecular formula is C11H10N2O2S. The van der Waals surface area contributed by atoms with Gasteiger partial charge in [-0.2, -0.15) is 5.26 Å². The topological polar surface area (TPSA) is 73.1 Å². The second kappa shape index (κ2) is 4.56. The smallest absolute Gasteiger partial charge is 0.321 e. The van der Waals surface area contributed by atoms with Crippen molar-refractivity contribution in [2.75, 3.05) is 5.75 Å². The van der Waals surface area contributed by atoms with Crippen molar-refractivity contribution in [3.8, 4) is 6.07 Å². The first-order valence-corrected chi connectivity index (χ1v) is 5.86. The number of hydrogen-bond acceptors (Lipinski definition) is 4. The molecule has 0 saturated carbocycles. The third-order valence-corrected chi connectivity index (χ3v) is 3.67. The minimum Gasteiger partial charge on any atom is -0.480 e. The van der Waals surface area contributed by atoms with Gasteiger partial charge >= 0.3 is 5.97 Å².